The van der Waals surface area contributed by atoms with Gasteiger partial charge in [-0.2, -0.15) is 0 Å². The number of carbonyl (C=O) groups is 1. The molecule has 1 aromatic carbocycles. The molecule has 0 radical (unpaired) electrons. The molecule has 0 aliphatic rings. The van der Waals surface area contributed by atoms with Gasteiger partial charge in [0, 0.05) is 17.5 Å². The third-order valence-corrected chi connectivity index (χ3v) is 3.22. The third-order valence-electron chi connectivity index (χ3n) is 2.92. The van der Waals surface area contributed by atoms with E-state index in [2.05, 4.69) is 4.98 Å². The molecule has 5 heteroatoms. The summed E-state index contributed by atoms with van der Waals surface area (Å²) >= 11 is 6.27. The maximum Gasteiger partial charge on any atom is 0.303 e. The normalized spacial score (nSPS) is 10.7. The summed E-state index contributed by atoms with van der Waals surface area (Å²) in [5, 5.41) is 10.1. The smallest absolute Gasteiger partial charge is 0.303 e. The standard InChI is InChI=1S/C14H14ClNO3/c1-8-7-10(15)13-9(4-6-12(17)18)3-5-11(19-2)14(13)16-8/h3,5,7H,4,6H2,1-2H3,(H,17,18). The number of nitrogens with zero attached hydrogens (tertiary/aromatic N) is 1. The fourth-order valence-corrected chi connectivity index (χ4v) is 2.44. The maximum absolute atomic E-state index is 10.7. The largest absolute Gasteiger partial charge is 0.494 e. The van der Waals surface area contributed by atoms with Gasteiger partial charge >= 0.3 is 5.97 Å². The molecule has 0 spiro atoms. The first-order valence-electron chi connectivity index (χ1n) is 5.87. The summed E-state index contributed by atoms with van der Waals surface area (Å²) in [6, 6.07) is 5.41. The molecule has 1 heterocycles. The van der Waals surface area contributed by atoms with Gasteiger partial charge in [-0.1, -0.05) is 17.7 Å². The number of halogens is 1. The van der Waals surface area contributed by atoms with Gasteiger partial charge in [-0.3, -0.25) is 4.79 Å². The van der Waals surface area contributed by atoms with E-state index in [9.17, 15) is 4.79 Å². The van der Waals surface area contributed by atoms with E-state index < -0.39 is 5.97 Å². The average Bonchev–Trinajstić information content (AvgIpc) is 2.35. The van der Waals surface area contributed by atoms with Crippen molar-refractivity contribution in [2.45, 2.75) is 19.8 Å². The van der Waals surface area contributed by atoms with E-state index in [1.807, 2.05) is 13.0 Å². The number of aliphatic carboxylic acids is 1. The second kappa shape index (κ2) is 5.45. The van der Waals surface area contributed by atoms with E-state index in [1.165, 1.54) is 0 Å². The van der Waals surface area contributed by atoms with Crippen LogP contribution in [0.2, 0.25) is 5.02 Å². The molecular formula is C14H14ClNO3. The van der Waals surface area contributed by atoms with Gasteiger partial charge in [0.25, 0.3) is 0 Å². The van der Waals surface area contributed by atoms with Gasteiger partial charge in [-0.05, 0) is 31.0 Å². The molecule has 1 N–H and O–H groups in total. The molecule has 0 fully saturated rings. The topological polar surface area (TPSA) is 59.4 Å². The Kier molecular flexibility index (Phi) is 3.90. The lowest BCUT2D eigenvalue weighted by atomic mass is 10.0. The molecule has 0 saturated heterocycles. The van der Waals surface area contributed by atoms with Gasteiger partial charge in [0.05, 0.1) is 12.1 Å². The third kappa shape index (κ3) is 2.79. The zero-order chi connectivity index (χ0) is 14.0. The fourth-order valence-electron chi connectivity index (χ4n) is 2.07. The number of pyridine rings is 1. The van der Waals surface area contributed by atoms with E-state index in [-0.39, 0.29) is 6.42 Å². The fraction of sp³-hybridized carbons (Fsp3) is 0.286. The SMILES string of the molecule is COc1ccc(CCC(=O)O)c2c(Cl)cc(C)nc12. The highest BCUT2D eigenvalue weighted by atomic mass is 35.5. The number of methoxy groups -OCH3 is 1. The molecular weight excluding hydrogens is 266 g/mol. The summed E-state index contributed by atoms with van der Waals surface area (Å²) in [4.78, 5) is 15.1. The number of ether oxygens (including phenoxy) is 1. The predicted octanol–water partition coefficient (Wildman–Crippen LogP) is 3.22. The molecule has 2 rings (SSSR count). The molecule has 100 valence electrons. The minimum absolute atomic E-state index is 0.0611. The minimum atomic E-state index is -0.833. The van der Waals surface area contributed by atoms with Crippen molar-refractivity contribution in [2.75, 3.05) is 7.11 Å². The van der Waals surface area contributed by atoms with Crippen LogP contribution in [0.3, 0.4) is 0 Å². The van der Waals surface area contributed by atoms with Gasteiger partial charge in [0.1, 0.15) is 11.3 Å². The van der Waals surface area contributed by atoms with Crippen LogP contribution < -0.4 is 4.74 Å². The van der Waals surface area contributed by atoms with Gasteiger partial charge in [0.15, 0.2) is 0 Å². The van der Waals surface area contributed by atoms with Crippen molar-refractivity contribution < 1.29 is 14.6 Å². The summed E-state index contributed by atoms with van der Waals surface area (Å²) in [7, 11) is 1.57. The van der Waals surface area contributed by atoms with E-state index >= 15 is 0 Å². The van der Waals surface area contributed by atoms with Crippen LogP contribution in [0, 0.1) is 6.92 Å². The average molecular weight is 280 g/mol. The molecule has 0 amide bonds. The quantitative estimate of drug-likeness (QED) is 0.933. The van der Waals surface area contributed by atoms with Gasteiger partial charge in [-0.15, -0.1) is 0 Å². The highest BCUT2D eigenvalue weighted by Crippen LogP contribution is 2.33. The minimum Gasteiger partial charge on any atom is -0.494 e. The first-order chi connectivity index (χ1) is 9.02. The number of benzene rings is 1. The Morgan fingerprint density at radius 3 is 2.84 bits per heavy atom. The van der Waals surface area contributed by atoms with Gasteiger partial charge < -0.3 is 9.84 Å². The predicted molar refractivity (Wildman–Crippen MR) is 74.0 cm³/mol. The van der Waals surface area contributed by atoms with Crippen molar-refractivity contribution in [1.82, 2.24) is 4.98 Å². The zero-order valence-electron chi connectivity index (χ0n) is 10.7. The first-order valence-corrected chi connectivity index (χ1v) is 6.25. The highest BCUT2D eigenvalue weighted by Gasteiger charge is 2.13. The highest BCUT2D eigenvalue weighted by molar-refractivity contribution is 6.35. The number of carboxylic acid groups (broad SMARTS) is 1. The van der Waals surface area contributed by atoms with Crippen LogP contribution in [0.5, 0.6) is 5.75 Å². The number of hydrogen-bond donors (Lipinski definition) is 1. The number of rotatable bonds is 4. The van der Waals surface area contributed by atoms with E-state index in [0.717, 1.165) is 16.6 Å². The van der Waals surface area contributed by atoms with Crippen molar-refractivity contribution in [3.63, 3.8) is 0 Å². The van der Waals surface area contributed by atoms with Crippen LogP contribution in [-0.4, -0.2) is 23.2 Å². The Bertz CT molecular complexity index is 640. The molecule has 1 aromatic heterocycles. The van der Waals surface area contributed by atoms with Crippen LogP contribution in [-0.2, 0) is 11.2 Å². The van der Waals surface area contributed by atoms with Crippen LogP contribution in [0.4, 0.5) is 0 Å². The summed E-state index contributed by atoms with van der Waals surface area (Å²) in [5.41, 5.74) is 2.34. The number of hydrogen-bond acceptors (Lipinski definition) is 3. The molecule has 0 aliphatic carbocycles. The van der Waals surface area contributed by atoms with Crippen molar-refractivity contribution >= 4 is 28.5 Å². The monoisotopic (exact) mass is 279 g/mol. The van der Waals surface area contributed by atoms with Crippen LogP contribution >= 0.6 is 11.6 Å². The molecule has 0 bridgehead atoms. The number of carboxylic acids is 1. The van der Waals surface area contributed by atoms with E-state index in [1.54, 1.807) is 19.2 Å². The molecule has 19 heavy (non-hydrogen) atoms. The summed E-state index contributed by atoms with van der Waals surface area (Å²) < 4.78 is 5.28. The van der Waals surface area contributed by atoms with Crippen LogP contribution in [0.1, 0.15) is 17.7 Å². The first kappa shape index (κ1) is 13.6. The lowest BCUT2D eigenvalue weighted by Crippen LogP contribution is -2.00. The van der Waals surface area contributed by atoms with Crippen LogP contribution in [0.25, 0.3) is 10.9 Å². The van der Waals surface area contributed by atoms with Crippen molar-refractivity contribution in [3.8, 4) is 5.75 Å². The summed E-state index contributed by atoms with van der Waals surface area (Å²) in [6.07, 6.45) is 0.478. The van der Waals surface area contributed by atoms with Crippen molar-refractivity contribution in [3.05, 3.63) is 34.5 Å². The molecule has 0 atom stereocenters. The van der Waals surface area contributed by atoms with Gasteiger partial charge in [-0.25, -0.2) is 4.98 Å². The Labute approximate surface area is 116 Å². The van der Waals surface area contributed by atoms with Gasteiger partial charge in [0.2, 0.25) is 0 Å². The van der Waals surface area contributed by atoms with Crippen molar-refractivity contribution in [2.24, 2.45) is 0 Å². The molecule has 2 aromatic rings. The Morgan fingerprint density at radius 2 is 2.21 bits per heavy atom. The number of aryl methyl sites for hydroxylation is 2. The lowest BCUT2D eigenvalue weighted by Gasteiger charge is -2.11. The maximum atomic E-state index is 10.7. The number of fused-ring (bicyclic) bond motifs is 1. The second-order valence-electron chi connectivity index (χ2n) is 4.29. The summed E-state index contributed by atoms with van der Waals surface area (Å²) in [5.74, 6) is -0.195. The zero-order valence-corrected chi connectivity index (χ0v) is 11.5. The molecule has 4 nitrogen and oxygen atoms in total. The van der Waals surface area contributed by atoms with Crippen molar-refractivity contribution in [1.29, 1.82) is 0 Å². The number of aromatic nitrogens is 1. The Hall–Kier alpha value is -1.81. The molecule has 0 saturated carbocycles. The summed E-state index contributed by atoms with van der Waals surface area (Å²) in [6.45, 7) is 1.86. The molecule has 0 unspecified atom stereocenters. The van der Waals surface area contributed by atoms with Crippen LogP contribution in [0.15, 0.2) is 18.2 Å². The van der Waals surface area contributed by atoms with E-state index in [4.69, 9.17) is 21.4 Å². The molecule has 0 aliphatic heterocycles. The second-order valence-corrected chi connectivity index (χ2v) is 4.70. The van der Waals surface area contributed by atoms with E-state index in [0.29, 0.717) is 22.7 Å². The Balaban J connectivity index is 2.63. The lowest BCUT2D eigenvalue weighted by molar-refractivity contribution is -0.136. The Morgan fingerprint density at radius 1 is 1.47 bits per heavy atom.